The average molecular weight is 272 g/mol. The Morgan fingerprint density at radius 3 is 2.21 bits per heavy atom. The van der Waals surface area contributed by atoms with Crippen LogP contribution in [0.4, 0.5) is 13.2 Å². The maximum Gasteiger partial charge on any atom is 0.573 e. The highest BCUT2D eigenvalue weighted by atomic mass is 19.4. The zero-order chi connectivity index (χ0) is 14.2. The lowest BCUT2D eigenvalue weighted by molar-refractivity contribution is -0.274. The average Bonchev–Trinajstić information content (AvgIpc) is 2.56. The molecule has 0 radical (unpaired) electrons. The molecule has 0 aliphatic carbocycles. The van der Waals surface area contributed by atoms with Crippen LogP contribution in [-0.2, 0) is 7.05 Å². The zero-order valence-corrected chi connectivity index (χ0v) is 10.2. The first kappa shape index (κ1) is 13.3. The summed E-state index contributed by atoms with van der Waals surface area (Å²) in [4.78, 5) is 0. The first-order valence-electron chi connectivity index (χ1n) is 5.36. The monoisotopic (exact) mass is 272 g/mol. The van der Waals surface area contributed by atoms with E-state index in [2.05, 4.69) is 9.84 Å². The van der Waals surface area contributed by atoms with Crippen molar-refractivity contribution in [2.45, 2.75) is 13.3 Å². The minimum absolute atomic E-state index is 0.0191. The summed E-state index contributed by atoms with van der Waals surface area (Å²) in [5.74, 6) is -0.278. The Morgan fingerprint density at radius 2 is 1.79 bits per heavy atom. The molecule has 4 nitrogen and oxygen atoms in total. The molecule has 2 rings (SSSR count). The molecule has 102 valence electrons. The van der Waals surface area contributed by atoms with Crippen LogP contribution < -0.4 is 4.74 Å². The van der Waals surface area contributed by atoms with Gasteiger partial charge in [-0.2, -0.15) is 5.10 Å². The van der Waals surface area contributed by atoms with Crippen molar-refractivity contribution in [1.29, 1.82) is 0 Å². The molecule has 1 heterocycles. The highest BCUT2D eigenvalue weighted by molar-refractivity contribution is 5.65. The van der Waals surface area contributed by atoms with Gasteiger partial charge in [0.25, 0.3) is 0 Å². The lowest BCUT2D eigenvalue weighted by Crippen LogP contribution is -2.16. The van der Waals surface area contributed by atoms with Crippen molar-refractivity contribution < 1.29 is 23.0 Å². The minimum Gasteiger partial charge on any atom is -0.493 e. The smallest absolute Gasteiger partial charge is 0.493 e. The second-order valence-corrected chi connectivity index (χ2v) is 3.99. The van der Waals surface area contributed by atoms with Crippen LogP contribution in [0.5, 0.6) is 11.6 Å². The van der Waals surface area contributed by atoms with Crippen LogP contribution in [0.1, 0.15) is 5.56 Å². The largest absolute Gasteiger partial charge is 0.573 e. The van der Waals surface area contributed by atoms with Crippen LogP contribution in [0.15, 0.2) is 24.3 Å². The number of aromatic nitrogens is 2. The number of nitrogens with zero attached hydrogens (tertiary/aromatic N) is 2. The molecule has 0 bridgehead atoms. The minimum atomic E-state index is -4.71. The van der Waals surface area contributed by atoms with Gasteiger partial charge in [-0.1, -0.05) is 0 Å². The molecule has 0 aliphatic heterocycles. The van der Waals surface area contributed by atoms with E-state index in [9.17, 15) is 18.3 Å². The molecule has 0 saturated carbocycles. The highest BCUT2D eigenvalue weighted by Crippen LogP contribution is 2.30. The Bertz CT molecular complexity index is 588. The molecule has 0 spiro atoms. The van der Waals surface area contributed by atoms with Gasteiger partial charge in [-0.15, -0.1) is 13.2 Å². The van der Waals surface area contributed by atoms with Gasteiger partial charge in [-0.25, -0.2) is 4.68 Å². The number of halogens is 3. The first-order chi connectivity index (χ1) is 8.78. The Balaban J connectivity index is 2.30. The number of benzene rings is 1. The van der Waals surface area contributed by atoms with E-state index in [-0.39, 0.29) is 11.6 Å². The van der Waals surface area contributed by atoms with Crippen LogP contribution in [-0.4, -0.2) is 21.2 Å². The summed E-state index contributed by atoms with van der Waals surface area (Å²) in [6.45, 7) is 1.68. The Morgan fingerprint density at radius 1 is 1.21 bits per heavy atom. The number of aryl methyl sites for hydroxylation is 1. The van der Waals surface area contributed by atoms with Crippen molar-refractivity contribution in [2.24, 2.45) is 7.05 Å². The molecular weight excluding hydrogens is 261 g/mol. The van der Waals surface area contributed by atoms with E-state index < -0.39 is 6.36 Å². The molecule has 0 atom stereocenters. The van der Waals surface area contributed by atoms with Crippen molar-refractivity contribution in [2.75, 3.05) is 0 Å². The summed E-state index contributed by atoms with van der Waals surface area (Å²) in [6, 6.07) is 5.31. The van der Waals surface area contributed by atoms with Gasteiger partial charge in [0.05, 0.1) is 5.69 Å². The van der Waals surface area contributed by atoms with Crippen molar-refractivity contribution in [3.8, 4) is 22.9 Å². The summed E-state index contributed by atoms with van der Waals surface area (Å²) >= 11 is 0. The predicted molar refractivity (Wildman–Crippen MR) is 61.7 cm³/mol. The van der Waals surface area contributed by atoms with Gasteiger partial charge in [0.15, 0.2) is 0 Å². The normalized spacial score (nSPS) is 11.6. The Kier molecular flexibility index (Phi) is 3.13. The molecule has 1 N–H and O–H groups in total. The van der Waals surface area contributed by atoms with Crippen LogP contribution in [0.25, 0.3) is 11.3 Å². The third kappa shape index (κ3) is 2.81. The first-order valence-corrected chi connectivity index (χ1v) is 5.36. The van der Waals surface area contributed by atoms with E-state index in [1.54, 1.807) is 14.0 Å². The van der Waals surface area contributed by atoms with Crippen LogP contribution in [0, 0.1) is 6.92 Å². The van der Waals surface area contributed by atoms with E-state index in [1.165, 1.54) is 28.9 Å². The predicted octanol–water partition coefficient (Wildman–Crippen LogP) is 3.00. The molecule has 1 aromatic carbocycles. The number of hydrogen-bond acceptors (Lipinski definition) is 3. The van der Waals surface area contributed by atoms with Crippen molar-refractivity contribution in [1.82, 2.24) is 9.78 Å². The van der Waals surface area contributed by atoms with E-state index >= 15 is 0 Å². The highest BCUT2D eigenvalue weighted by Gasteiger charge is 2.31. The molecule has 1 aromatic heterocycles. The maximum absolute atomic E-state index is 12.0. The van der Waals surface area contributed by atoms with Gasteiger partial charge in [-0.3, -0.25) is 0 Å². The van der Waals surface area contributed by atoms with Crippen LogP contribution >= 0.6 is 0 Å². The molecule has 0 fully saturated rings. The van der Waals surface area contributed by atoms with Crippen LogP contribution in [0.2, 0.25) is 0 Å². The summed E-state index contributed by atoms with van der Waals surface area (Å²) in [5, 5.41) is 13.7. The van der Waals surface area contributed by atoms with Gasteiger partial charge in [0.2, 0.25) is 5.88 Å². The second-order valence-electron chi connectivity index (χ2n) is 3.99. The Hall–Kier alpha value is -2.18. The number of aromatic hydroxyl groups is 1. The lowest BCUT2D eigenvalue weighted by atomic mass is 10.1. The van der Waals surface area contributed by atoms with Crippen molar-refractivity contribution >= 4 is 0 Å². The number of alkyl halides is 3. The van der Waals surface area contributed by atoms with Crippen molar-refractivity contribution in [3.05, 3.63) is 29.8 Å². The number of ether oxygens (including phenoxy) is 1. The molecular formula is C12H11F3N2O2. The standard InChI is InChI=1S/C12H11F3N2O2/c1-7-10(16-17(2)11(7)18)8-3-5-9(6-4-8)19-12(13,14)15/h3-6,18H,1-2H3. The van der Waals surface area contributed by atoms with Gasteiger partial charge in [0.1, 0.15) is 5.75 Å². The van der Waals surface area contributed by atoms with Gasteiger partial charge in [0, 0.05) is 18.2 Å². The van der Waals surface area contributed by atoms with E-state index in [0.717, 1.165) is 0 Å². The third-order valence-electron chi connectivity index (χ3n) is 2.61. The maximum atomic E-state index is 12.0. The molecule has 0 amide bonds. The second kappa shape index (κ2) is 4.49. The molecule has 2 aromatic rings. The summed E-state index contributed by atoms with van der Waals surface area (Å²) in [5.41, 5.74) is 1.67. The van der Waals surface area contributed by atoms with Crippen molar-refractivity contribution in [3.63, 3.8) is 0 Å². The molecule has 0 aliphatic rings. The third-order valence-corrected chi connectivity index (χ3v) is 2.61. The van der Waals surface area contributed by atoms with E-state index in [1.807, 2.05) is 0 Å². The van der Waals surface area contributed by atoms with Crippen LogP contribution in [0.3, 0.4) is 0 Å². The zero-order valence-electron chi connectivity index (χ0n) is 10.2. The molecule has 0 saturated heterocycles. The molecule has 19 heavy (non-hydrogen) atoms. The summed E-state index contributed by atoms with van der Waals surface area (Å²) in [7, 11) is 1.58. The number of rotatable bonds is 2. The topological polar surface area (TPSA) is 47.3 Å². The lowest BCUT2D eigenvalue weighted by Gasteiger charge is -2.08. The van der Waals surface area contributed by atoms with Gasteiger partial charge in [-0.05, 0) is 31.2 Å². The quantitative estimate of drug-likeness (QED) is 0.914. The van der Waals surface area contributed by atoms with E-state index in [0.29, 0.717) is 16.8 Å². The fraction of sp³-hybridized carbons (Fsp3) is 0.250. The summed E-state index contributed by atoms with van der Waals surface area (Å²) < 4.78 is 41.1. The fourth-order valence-electron chi connectivity index (χ4n) is 1.71. The van der Waals surface area contributed by atoms with Gasteiger partial charge >= 0.3 is 6.36 Å². The number of hydrogen-bond donors (Lipinski definition) is 1. The summed E-state index contributed by atoms with van der Waals surface area (Å²) in [6.07, 6.45) is -4.71. The molecule has 7 heteroatoms. The Labute approximate surface area is 107 Å². The van der Waals surface area contributed by atoms with E-state index in [4.69, 9.17) is 0 Å². The fourth-order valence-corrected chi connectivity index (χ4v) is 1.71. The SMILES string of the molecule is Cc1c(-c2ccc(OC(F)(F)F)cc2)nn(C)c1O. The molecule has 0 unspecified atom stereocenters. The van der Waals surface area contributed by atoms with Gasteiger partial charge < -0.3 is 9.84 Å².